The molecule has 4 saturated carbocycles. The van der Waals surface area contributed by atoms with Gasteiger partial charge in [-0.1, -0.05) is 6.92 Å². The van der Waals surface area contributed by atoms with Crippen LogP contribution in [0.25, 0.3) is 0 Å². The molecule has 1 saturated heterocycles. The van der Waals surface area contributed by atoms with Gasteiger partial charge >= 0.3 is 0 Å². The van der Waals surface area contributed by atoms with Gasteiger partial charge in [0.05, 0.1) is 6.04 Å². The normalized spacial score (nSPS) is 41.9. The monoisotopic (exact) mass is 319 g/mol. The standard InChI is InChI=1S/C19H33N3O/c1-3-21-4-6-22(7-5-21)14(2)18(23)20-19-11-15-8-16(12-19)10-17(9-15)13-19/h14-17H,3-13H2,1-2H3,(H,20,23). The summed E-state index contributed by atoms with van der Waals surface area (Å²) in [6.07, 6.45) is 8.06. The van der Waals surface area contributed by atoms with E-state index in [9.17, 15) is 4.79 Å². The number of hydrogen-bond acceptors (Lipinski definition) is 3. The average molecular weight is 319 g/mol. The van der Waals surface area contributed by atoms with Crippen LogP contribution >= 0.6 is 0 Å². The summed E-state index contributed by atoms with van der Waals surface area (Å²) in [5, 5.41) is 3.55. The third-order valence-corrected chi connectivity index (χ3v) is 7.21. The zero-order chi connectivity index (χ0) is 16.0. The van der Waals surface area contributed by atoms with Gasteiger partial charge in [-0.25, -0.2) is 0 Å². The number of amides is 1. The van der Waals surface area contributed by atoms with Crippen molar-refractivity contribution in [3.63, 3.8) is 0 Å². The summed E-state index contributed by atoms with van der Waals surface area (Å²) in [6.45, 7) is 9.72. The Labute approximate surface area is 141 Å². The van der Waals surface area contributed by atoms with E-state index in [0.29, 0.717) is 0 Å². The van der Waals surface area contributed by atoms with Gasteiger partial charge in [-0.15, -0.1) is 0 Å². The molecule has 1 amide bonds. The molecule has 4 aliphatic carbocycles. The van der Waals surface area contributed by atoms with Gasteiger partial charge in [0.25, 0.3) is 0 Å². The molecule has 0 spiro atoms. The van der Waals surface area contributed by atoms with Crippen molar-refractivity contribution in [1.82, 2.24) is 15.1 Å². The van der Waals surface area contributed by atoms with Gasteiger partial charge in [0, 0.05) is 31.7 Å². The Morgan fingerprint density at radius 1 is 1.04 bits per heavy atom. The van der Waals surface area contributed by atoms with Crippen LogP contribution in [0.1, 0.15) is 52.4 Å². The lowest BCUT2D eigenvalue weighted by Gasteiger charge is -2.57. The third kappa shape index (κ3) is 3.05. The van der Waals surface area contributed by atoms with Crippen LogP contribution in [0.2, 0.25) is 0 Å². The van der Waals surface area contributed by atoms with Crippen molar-refractivity contribution in [3.05, 3.63) is 0 Å². The van der Waals surface area contributed by atoms with Crippen molar-refractivity contribution in [2.75, 3.05) is 32.7 Å². The minimum Gasteiger partial charge on any atom is -0.349 e. The highest BCUT2D eigenvalue weighted by Gasteiger charge is 2.51. The minimum absolute atomic E-state index is 0.0296. The number of carbonyl (C=O) groups is 1. The van der Waals surface area contributed by atoms with Crippen molar-refractivity contribution >= 4 is 5.91 Å². The molecule has 0 radical (unpaired) electrons. The lowest BCUT2D eigenvalue weighted by Crippen LogP contribution is -2.63. The van der Waals surface area contributed by atoms with Crippen LogP contribution in [0.5, 0.6) is 0 Å². The van der Waals surface area contributed by atoms with Crippen LogP contribution in [-0.2, 0) is 4.79 Å². The fraction of sp³-hybridized carbons (Fsp3) is 0.947. The van der Waals surface area contributed by atoms with Crippen LogP contribution in [0.4, 0.5) is 0 Å². The maximum atomic E-state index is 12.9. The van der Waals surface area contributed by atoms with Gasteiger partial charge in [-0.05, 0) is 69.7 Å². The first-order valence-corrected chi connectivity index (χ1v) is 9.85. The molecule has 5 aliphatic rings. The van der Waals surface area contributed by atoms with Crippen LogP contribution in [0, 0.1) is 17.8 Å². The first kappa shape index (κ1) is 15.9. The van der Waals surface area contributed by atoms with Gasteiger partial charge in [0.2, 0.25) is 5.91 Å². The summed E-state index contributed by atoms with van der Waals surface area (Å²) >= 11 is 0. The molecule has 0 aromatic rings. The van der Waals surface area contributed by atoms with E-state index in [4.69, 9.17) is 0 Å². The lowest BCUT2D eigenvalue weighted by atomic mass is 9.53. The molecule has 1 atom stereocenters. The van der Waals surface area contributed by atoms with Crippen LogP contribution < -0.4 is 5.32 Å². The van der Waals surface area contributed by atoms with Gasteiger partial charge in [-0.3, -0.25) is 9.69 Å². The molecule has 0 aromatic carbocycles. The van der Waals surface area contributed by atoms with E-state index < -0.39 is 0 Å². The van der Waals surface area contributed by atoms with Crippen molar-refractivity contribution in [2.45, 2.75) is 64.0 Å². The van der Waals surface area contributed by atoms with Gasteiger partial charge in [0.1, 0.15) is 0 Å². The maximum Gasteiger partial charge on any atom is 0.237 e. The molecule has 130 valence electrons. The summed E-state index contributed by atoms with van der Waals surface area (Å²) in [6, 6.07) is 0.0296. The van der Waals surface area contributed by atoms with Gasteiger partial charge < -0.3 is 10.2 Å². The molecule has 5 fully saturated rings. The minimum atomic E-state index is 0.0296. The number of hydrogen-bond donors (Lipinski definition) is 1. The van der Waals surface area contributed by atoms with Crippen molar-refractivity contribution < 1.29 is 4.79 Å². The van der Waals surface area contributed by atoms with E-state index in [1.54, 1.807) is 0 Å². The van der Waals surface area contributed by atoms with Crippen molar-refractivity contribution in [1.29, 1.82) is 0 Å². The smallest absolute Gasteiger partial charge is 0.237 e. The highest BCUT2D eigenvalue weighted by atomic mass is 16.2. The molecule has 5 rings (SSSR count). The molecular weight excluding hydrogens is 286 g/mol. The fourth-order valence-corrected chi connectivity index (χ4v) is 6.26. The summed E-state index contributed by atoms with van der Waals surface area (Å²) < 4.78 is 0. The fourth-order valence-electron chi connectivity index (χ4n) is 6.26. The van der Waals surface area contributed by atoms with Crippen molar-refractivity contribution in [3.8, 4) is 0 Å². The molecule has 23 heavy (non-hydrogen) atoms. The SMILES string of the molecule is CCN1CCN(C(C)C(=O)NC23CC4CC(CC(C4)C2)C3)CC1. The van der Waals surface area contributed by atoms with Crippen LogP contribution in [0.3, 0.4) is 0 Å². The van der Waals surface area contributed by atoms with Crippen LogP contribution in [0.15, 0.2) is 0 Å². The summed E-state index contributed by atoms with van der Waals surface area (Å²) in [5.74, 6) is 2.97. The van der Waals surface area contributed by atoms with Gasteiger partial charge in [0.15, 0.2) is 0 Å². The molecule has 4 nitrogen and oxygen atoms in total. The zero-order valence-electron chi connectivity index (χ0n) is 14.9. The van der Waals surface area contributed by atoms with E-state index in [2.05, 4.69) is 29.0 Å². The summed E-state index contributed by atoms with van der Waals surface area (Å²) in [5.41, 5.74) is 0.158. The second kappa shape index (κ2) is 6.03. The molecular formula is C19H33N3O. The second-order valence-corrected chi connectivity index (χ2v) is 8.83. The predicted molar refractivity (Wildman–Crippen MR) is 92.2 cm³/mol. The van der Waals surface area contributed by atoms with Gasteiger partial charge in [-0.2, -0.15) is 0 Å². The number of carbonyl (C=O) groups excluding carboxylic acids is 1. The Balaban J connectivity index is 1.36. The number of piperazine rings is 1. The Hall–Kier alpha value is -0.610. The zero-order valence-corrected chi connectivity index (χ0v) is 14.9. The van der Waals surface area contributed by atoms with E-state index in [1.165, 1.54) is 38.5 Å². The molecule has 4 heteroatoms. The number of rotatable bonds is 4. The molecule has 1 unspecified atom stereocenters. The van der Waals surface area contributed by atoms with E-state index >= 15 is 0 Å². The first-order valence-electron chi connectivity index (χ1n) is 9.85. The summed E-state index contributed by atoms with van der Waals surface area (Å²) in [7, 11) is 0. The Morgan fingerprint density at radius 3 is 2.04 bits per heavy atom. The number of nitrogens with zero attached hydrogens (tertiary/aromatic N) is 2. The van der Waals surface area contributed by atoms with E-state index in [1.807, 2.05) is 0 Å². The quantitative estimate of drug-likeness (QED) is 0.862. The van der Waals surface area contributed by atoms with Crippen LogP contribution in [-0.4, -0.2) is 60.0 Å². The highest BCUT2D eigenvalue weighted by Crippen LogP contribution is 2.55. The Kier molecular flexibility index (Phi) is 4.17. The van der Waals surface area contributed by atoms with Crippen molar-refractivity contribution in [2.24, 2.45) is 17.8 Å². The molecule has 1 aliphatic heterocycles. The number of nitrogens with one attached hydrogen (secondary N) is 1. The van der Waals surface area contributed by atoms with E-state index in [-0.39, 0.29) is 17.5 Å². The first-order chi connectivity index (χ1) is 11.1. The highest BCUT2D eigenvalue weighted by molar-refractivity contribution is 5.82. The van der Waals surface area contributed by atoms with E-state index in [0.717, 1.165) is 50.5 Å². The molecule has 1 N–H and O–H groups in total. The molecule has 4 bridgehead atoms. The topological polar surface area (TPSA) is 35.6 Å². The summed E-state index contributed by atoms with van der Waals surface area (Å²) in [4.78, 5) is 17.8. The average Bonchev–Trinajstić information content (AvgIpc) is 2.52. The Bertz CT molecular complexity index is 420. The lowest BCUT2D eigenvalue weighted by molar-refractivity contribution is -0.132. The maximum absolute atomic E-state index is 12.9. The number of likely N-dealkylation sites (N-methyl/N-ethyl adjacent to an activating group) is 1. The predicted octanol–water partition coefficient (Wildman–Crippen LogP) is 2.10. The Morgan fingerprint density at radius 2 is 1.57 bits per heavy atom. The third-order valence-electron chi connectivity index (χ3n) is 7.21. The second-order valence-electron chi connectivity index (χ2n) is 8.83. The molecule has 1 heterocycles. The molecule has 0 aromatic heterocycles. The largest absolute Gasteiger partial charge is 0.349 e.